The molecule has 0 aliphatic rings. The highest BCUT2D eigenvalue weighted by Crippen LogP contribution is 2.20. The van der Waals surface area contributed by atoms with Crippen LogP contribution < -0.4 is 5.32 Å². The summed E-state index contributed by atoms with van der Waals surface area (Å²) < 4.78 is 20.4. The number of carbonyl (C=O) groups excluding carboxylic acids is 2. The summed E-state index contributed by atoms with van der Waals surface area (Å²) in [7, 11) is 0. The molecule has 3 aromatic rings. The highest BCUT2D eigenvalue weighted by atomic mass is 32.1. The third-order valence-corrected chi connectivity index (χ3v) is 5.58. The van der Waals surface area contributed by atoms with Crippen molar-refractivity contribution in [3.05, 3.63) is 81.1 Å². The maximum absolute atomic E-state index is 12.9. The van der Waals surface area contributed by atoms with E-state index in [4.69, 9.17) is 4.74 Å². The van der Waals surface area contributed by atoms with Crippen LogP contribution in [0.5, 0.6) is 0 Å². The maximum atomic E-state index is 12.9. The van der Waals surface area contributed by atoms with Crippen LogP contribution in [0.25, 0.3) is 0 Å². The van der Waals surface area contributed by atoms with E-state index in [1.165, 1.54) is 23.9 Å². The van der Waals surface area contributed by atoms with Crippen LogP contribution in [0.1, 0.15) is 39.1 Å². The van der Waals surface area contributed by atoms with Crippen molar-refractivity contribution in [2.45, 2.75) is 40.0 Å². The first-order valence-electron chi connectivity index (χ1n) is 9.27. The van der Waals surface area contributed by atoms with Crippen LogP contribution in [0.4, 0.5) is 4.39 Å². The zero-order chi connectivity index (χ0) is 21.0. The van der Waals surface area contributed by atoms with E-state index in [1.807, 2.05) is 25.3 Å². The molecule has 1 aromatic carbocycles. The average Bonchev–Trinajstić information content (AvgIpc) is 3.31. The van der Waals surface area contributed by atoms with Crippen LogP contribution in [0.3, 0.4) is 0 Å². The Morgan fingerprint density at radius 3 is 2.59 bits per heavy atom. The molecule has 3 rings (SSSR count). The largest absolute Gasteiger partial charge is 0.449 e. The first-order chi connectivity index (χ1) is 13.8. The van der Waals surface area contributed by atoms with Crippen LogP contribution in [-0.4, -0.2) is 22.5 Å². The number of carbonyl (C=O) groups is 2. The molecule has 1 amide bonds. The molecule has 0 spiro atoms. The summed E-state index contributed by atoms with van der Waals surface area (Å²) in [6.07, 6.45) is -0.941. The van der Waals surface area contributed by atoms with Crippen molar-refractivity contribution in [1.82, 2.24) is 9.88 Å². The number of hydrogen-bond acceptors (Lipinski definition) is 4. The number of amides is 1. The lowest BCUT2D eigenvalue weighted by molar-refractivity contribution is -0.129. The summed E-state index contributed by atoms with van der Waals surface area (Å²) in [5.41, 5.74) is 2.98. The molecule has 0 fully saturated rings. The van der Waals surface area contributed by atoms with Gasteiger partial charge in [-0.15, -0.1) is 11.3 Å². The van der Waals surface area contributed by atoms with Gasteiger partial charge in [0.05, 0.1) is 12.1 Å². The lowest BCUT2D eigenvalue weighted by Gasteiger charge is -2.14. The summed E-state index contributed by atoms with van der Waals surface area (Å²) in [5, 5.41) is 4.71. The molecule has 152 valence electrons. The number of ether oxygens (including phenoxy) is 1. The van der Waals surface area contributed by atoms with Crippen LogP contribution in [0.15, 0.2) is 47.8 Å². The topological polar surface area (TPSA) is 60.3 Å². The smallest absolute Gasteiger partial charge is 0.340 e. The predicted octanol–water partition coefficient (Wildman–Crippen LogP) is 4.22. The van der Waals surface area contributed by atoms with Gasteiger partial charge in [0.25, 0.3) is 5.91 Å². The van der Waals surface area contributed by atoms with Gasteiger partial charge in [-0.05, 0) is 56.0 Å². The van der Waals surface area contributed by atoms with Crippen molar-refractivity contribution >= 4 is 23.2 Å². The van der Waals surface area contributed by atoms with Gasteiger partial charge in [-0.2, -0.15) is 0 Å². The number of nitrogens with zero attached hydrogens (tertiary/aromatic N) is 1. The molecule has 0 aliphatic carbocycles. The van der Waals surface area contributed by atoms with Crippen molar-refractivity contribution in [2.24, 2.45) is 0 Å². The summed E-state index contributed by atoms with van der Waals surface area (Å²) in [5.74, 6) is -1.27. The van der Waals surface area contributed by atoms with E-state index in [0.717, 1.165) is 17.0 Å². The molecule has 2 heterocycles. The fraction of sp³-hybridized carbons (Fsp3) is 0.273. The van der Waals surface area contributed by atoms with Gasteiger partial charge in [0, 0.05) is 22.8 Å². The third kappa shape index (κ3) is 5.12. The second-order valence-corrected chi connectivity index (χ2v) is 7.87. The van der Waals surface area contributed by atoms with E-state index < -0.39 is 18.0 Å². The molecule has 0 aliphatic heterocycles. The number of thiophene rings is 1. The number of nitrogens with one attached hydrogen (secondary N) is 1. The Labute approximate surface area is 173 Å². The Bertz CT molecular complexity index is 994. The zero-order valence-corrected chi connectivity index (χ0v) is 17.4. The summed E-state index contributed by atoms with van der Waals surface area (Å²) in [6.45, 7) is 6.27. The SMILES string of the molecule is Cc1cc(C(=O)O[C@@H](C)C(=O)NCc2ccc(F)cc2)c(C)n1Cc1cccs1. The van der Waals surface area contributed by atoms with Gasteiger partial charge in [-0.25, -0.2) is 9.18 Å². The van der Waals surface area contributed by atoms with Crippen LogP contribution in [0.2, 0.25) is 0 Å². The molecule has 0 unspecified atom stereocenters. The van der Waals surface area contributed by atoms with Crippen molar-refractivity contribution in [3.63, 3.8) is 0 Å². The van der Waals surface area contributed by atoms with Gasteiger partial charge >= 0.3 is 5.97 Å². The first-order valence-corrected chi connectivity index (χ1v) is 10.2. The van der Waals surface area contributed by atoms with Crippen LogP contribution in [0, 0.1) is 19.7 Å². The van der Waals surface area contributed by atoms with Crippen molar-refractivity contribution in [1.29, 1.82) is 0 Å². The van der Waals surface area contributed by atoms with Crippen molar-refractivity contribution in [2.75, 3.05) is 0 Å². The minimum absolute atomic E-state index is 0.232. The van der Waals surface area contributed by atoms with Gasteiger partial charge in [0.15, 0.2) is 6.10 Å². The van der Waals surface area contributed by atoms with Crippen LogP contribution >= 0.6 is 11.3 Å². The molecule has 0 radical (unpaired) electrons. The number of benzene rings is 1. The normalized spacial score (nSPS) is 11.9. The molecule has 0 saturated carbocycles. The second kappa shape index (κ2) is 9.05. The molecule has 1 N–H and O–H groups in total. The molecule has 7 heteroatoms. The zero-order valence-electron chi connectivity index (χ0n) is 16.6. The third-order valence-electron chi connectivity index (χ3n) is 4.72. The summed E-state index contributed by atoms with van der Waals surface area (Å²) in [4.78, 5) is 26.1. The number of aryl methyl sites for hydroxylation is 1. The second-order valence-electron chi connectivity index (χ2n) is 6.84. The first kappa shape index (κ1) is 20.8. The maximum Gasteiger partial charge on any atom is 0.340 e. The fourth-order valence-corrected chi connectivity index (χ4v) is 3.71. The van der Waals surface area contributed by atoms with E-state index in [1.54, 1.807) is 29.5 Å². The van der Waals surface area contributed by atoms with E-state index in [0.29, 0.717) is 12.1 Å². The Hall–Kier alpha value is -2.93. The molecule has 5 nitrogen and oxygen atoms in total. The minimum atomic E-state index is -0.941. The Balaban J connectivity index is 1.60. The van der Waals surface area contributed by atoms with E-state index in [2.05, 4.69) is 16.0 Å². The molecular weight excluding hydrogens is 391 g/mol. The molecule has 0 saturated heterocycles. The van der Waals surface area contributed by atoms with Gasteiger partial charge in [0.2, 0.25) is 0 Å². The number of halogens is 1. The van der Waals surface area contributed by atoms with Gasteiger partial charge in [-0.1, -0.05) is 18.2 Å². The van der Waals surface area contributed by atoms with Crippen LogP contribution in [-0.2, 0) is 22.6 Å². The number of hydrogen-bond donors (Lipinski definition) is 1. The van der Waals surface area contributed by atoms with E-state index in [-0.39, 0.29) is 12.4 Å². The minimum Gasteiger partial charge on any atom is -0.449 e. The average molecular weight is 415 g/mol. The highest BCUT2D eigenvalue weighted by molar-refractivity contribution is 7.09. The molecular formula is C22H23FN2O3S. The lowest BCUT2D eigenvalue weighted by Crippen LogP contribution is -2.35. The highest BCUT2D eigenvalue weighted by Gasteiger charge is 2.22. The number of aromatic nitrogens is 1. The van der Waals surface area contributed by atoms with E-state index in [9.17, 15) is 14.0 Å². The van der Waals surface area contributed by atoms with Crippen molar-refractivity contribution in [3.8, 4) is 0 Å². The van der Waals surface area contributed by atoms with Crippen molar-refractivity contribution < 1.29 is 18.7 Å². The molecule has 2 aromatic heterocycles. The Morgan fingerprint density at radius 1 is 1.21 bits per heavy atom. The number of esters is 1. The molecule has 1 atom stereocenters. The quantitative estimate of drug-likeness (QED) is 0.589. The Morgan fingerprint density at radius 2 is 1.93 bits per heavy atom. The Kier molecular flexibility index (Phi) is 6.49. The fourth-order valence-electron chi connectivity index (χ4n) is 3.02. The monoisotopic (exact) mass is 414 g/mol. The summed E-state index contributed by atoms with van der Waals surface area (Å²) >= 11 is 1.66. The van der Waals surface area contributed by atoms with Gasteiger partial charge in [0.1, 0.15) is 5.82 Å². The predicted molar refractivity (Wildman–Crippen MR) is 110 cm³/mol. The number of rotatable bonds is 7. The molecule has 0 bridgehead atoms. The van der Waals surface area contributed by atoms with E-state index >= 15 is 0 Å². The van der Waals surface area contributed by atoms with Gasteiger partial charge in [-0.3, -0.25) is 4.79 Å². The lowest BCUT2D eigenvalue weighted by atomic mass is 10.2. The standard InChI is InChI=1S/C22H23FN2O3S/c1-14-11-20(15(2)25(14)13-19-5-4-10-29-19)22(27)28-16(3)21(26)24-12-17-6-8-18(23)9-7-17/h4-11,16H,12-13H2,1-3H3,(H,24,26)/t16-/m0/s1. The van der Waals surface area contributed by atoms with Gasteiger partial charge < -0.3 is 14.6 Å². The summed E-state index contributed by atoms with van der Waals surface area (Å²) in [6, 6.07) is 11.7. The molecule has 29 heavy (non-hydrogen) atoms.